The van der Waals surface area contributed by atoms with Gasteiger partial charge in [0.05, 0.1) is 5.69 Å². The lowest BCUT2D eigenvalue weighted by Gasteiger charge is -2.45. The van der Waals surface area contributed by atoms with Gasteiger partial charge in [-0.05, 0) is 185 Å². The van der Waals surface area contributed by atoms with Crippen molar-refractivity contribution in [3.05, 3.63) is 184 Å². The summed E-state index contributed by atoms with van der Waals surface area (Å²) in [6.07, 6.45) is 3.41. The largest absolute Gasteiger partial charge is 0.457 e. The molecule has 74 heavy (non-hydrogen) atoms. The lowest BCUT2D eigenvalue weighted by atomic mass is 9.33. The Kier molecular flexibility index (Phi) is 9.93. The van der Waals surface area contributed by atoms with Crippen LogP contribution in [0.1, 0.15) is 148 Å². The molecule has 370 valence electrons. The van der Waals surface area contributed by atoms with Crippen LogP contribution in [0.4, 0.5) is 34.1 Å². The van der Waals surface area contributed by atoms with Crippen molar-refractivity contribution in [3.63, 3.8) is 0 Å². The molecule has 1 aromatic heterocycles. The van der Waals surface area contributed by atoms with E-state index in [1.165, 1.54) is 129 Å². The van der Waals surface area contributed by atoms with Crippen LogP contribution in [0, 0.1) is 0 Å². The summed E-state index contributed by atoms with van der Waals surface area (Å²) in [6.45, 7) is 32.9. The monoisotopic (exact) mass is 967 g/mol. The van der Waals surface area contributed by atoms with Crippen molar-refractivity contribution in [2.45, 2.75) is 143 Å². The molecule has 0 spiro atoms. The molecule has 0 saturated carbocycles. The zero-order valence-corrected chi connectivity index (χ0v) is 46.3. The minimum Gasteiger partial charge on any atom is -0.457 e. The minimum absolute atomic E-state index is 0.0171. The third-order valence-electron chi connectivity index (χ3n) is 17.6. The second-order valence-corrected chi connectivity index (χ2v) is 26.9. The van der Waals surface area contributed by atoms with Crippen LogP contribution in [0.5, 0.6) is 0 Å². The van der Waals surface area contributed by atoms with Gasteiger partial charge in [-0.1, -0.05) is 170 Å². The van der Waals surface area contributed by atoms with Gasteiger partial charge in [0.15, 0.2) is 0 Å². The molecule has 0 unspecified atom stereocenters. The molecule has 0 N–H and O–H groups in total. The van der Waals surface area contributed by atoms with Gasteiger partial charge < -0.3 is 14.2 Å². The van der Waals surface area contributed by atoms with Gasteiger partial charge >= 0.3 is 0 Å². The van der Waals surface area contributed by atoms with Gasteiger partial charge in [0.1, 0.15) is 11.2 Å². The maximum atomic E-state index is 7.40. The lowest BCUT2D eigenvalue weighted by molar-refractivity contribution is 0.589. The fourth-order valence-corrected chi connectivity index (χ4v) is 13.3. The zero-order chi connectivity index (χ0) is 51.8. The number of benzene rings is 8. The topological polar surface area (TPSA) is 19.6 Å². The molecular weight excluding hydrogens is 896 g/mol. The van der Waals surface area contributed by atoms with E-state index in [0.29, 0.717) is 0 Å². The number of anilines is 6. The Morgan fingerprint density at radius 1 is 0.473 bits per heavy atom. The maximum Gasteiger partial charge on any atom is 0.257 e. The smallest absolute Gasteiger partial charge is 0.257 e. The highest BCUT2D eigenvalue weighted by Crippen LogP contribution is 2.53. The SMILES string of the molecule is CC(C)(C)c1ccc(N2c3cc(C(C)(C)C)cc4c3B(c3cc(C(C)(C)C)ccc3N4c3ccc(C(C)(C)C)cc3-c3ccc4c(c3)C(C)(C)c3ccccc3-4)c3c2ccc2c3oc3ccc4c(c32)CCC4)cc1. The number of rotatable bonds is 3. The second kappa shape index (κ2) is 15.6. The predicted octanol–water partition coefficient (Wildman–Crippen LogP) is 17.3. The average molecular weight is 967 g/mol. The van der Waals surface area contributed by atoms with E-state index >= 15 is 0 Å². The summed E-state index contributed by atoms with van der Waals surface area (Å²) in [4.78, 5) is 5.25. The average Bonchev–Trinajstić information content (AvgIpc) is 4.08. The molecule has 0 amide bonds. The van der Waals surface area contributed by atoms with Gasteiger partial charge in [-0.25, -0.2) is 0 Å². The summed E-state index contributed by atoms with van der Waals surface area (Å²) in [5, 5.41) is 2.54. The fourth-order valence-electron chi connectivity index (χ4n) is 13.3. The van der Waals surface area contributed by atoms with Crippen LogP contribution in [0.15, 0.2) is 144 Å². The molecule has 3 nitrogen and oxygen atoms in total. The quantitative estimate of drug-likeness (QED) is 0.165. The van der Waals surface area contributed by atoms with Crippen molar-refractivity contribution in [1.29, 1.82) is 0 Å². The van der Waals surface area contributed by atoms with E-state index in [4.69, 9.17) is 4.42 Å². The van der Waals surface area contributed by atoms with Gasteiger partial charge in [0.2, 0.25) is 0 Å². The fraction of sp³-hybridized carbons (Fsp3) is 0.314. The van der Waals surface area contributed by atoms with Crippen LogP contribution in [-0.4, -0.2) is 6.71 Å². The van der Waals surface area contributed by atoms with Crippen LogP contribution in [-0.2, 0) is 39.9 Å². The van der Waals surface area contributed by atoms with Crippen LogP contribution in [0.2, 0.25) is 0 Å². The highest BCUT2D eigenvalue weighted by molar-refractivity contribution is 7.01. The van der Waals surface area contributed by atoms with E-state index in [9.17, 15) is 0 Å². The highest BCUT2D eigenvalue weighted by Gasteiger charge is 2.47. The van der Waals surface area contributed by atoms with Crippen molar-refractivity contribution >= 4 is 79.2 Å². The van der Waals surface area contributed by atoms with Gasteiger partial charge in [-0.3, -0.25) is 0 Å². The van der Waals surface area contributed by atoms with Gasteiger partial charge in [-0.15, -0.1) is 0 Å². The minimum atomic E-state index is -0.159. The summed E-state index contributed by atoms with van der Waals surface area (Å²) >= 11 is 0. The first-order chi connectivity index (χ1) is 35.0. The molecule has 9 aromatic rings. The number of fused-ring (bicyclic) bond motifs is 13. The third kappa shape index (κ3) is 6.92. The van der Waals surface area contributed by atoms with E-state index < -0.39 is 0 Å². The third-order valence-corrected chi connectivity index (χ3v) is 17.6. The summed E-state index contributed by atoms with van der Waals surface area (Å²) in [7, 11) is 0. The first kappa shape index (κ1) is 47.0. The maximum absolute atomic E-state index is 7.40. The molecule has 0 bridgehead atoms. The molecule has 3 heterocycles. The number of hydrogen-bond donors (Lipinski definition) is 0. The number of furan rings is 1. The first-order valence-electron chi connectivity index (χ1n) is 27.4. The standard InChI is InChI=1S/C70H71BN2O/c1-66(2,3)43-24-28-47(29-25-43)72-58-34-31-51-62-48-20-17-18-41(48)23-35-61(62)74-65(51)64(58)71-55-38-45(68(7,8)9)27-33-57(55)73(60-40-46(69(10,11)12)39-59(72)63(60)71)56-32-26-44(67(4,5)6)37-52(56)42-22-30-50-49-19-15-16-21-53(49)70(13,14)54(50)36-42/h15-16,19,21-40H,17-18,20H2,1-14H3. The zero-order valence-electron chi connectivity index (χ0n) is 46.3. The molecule has 13 rings (SSSR count). The van der Waals surface area contributed by atoms with E-state index in [1.807, 2.05) is 0 Å². The predicted molar refractivity (Wildman–Crippen MR) is 318 cm³/mol. The molecule has 8 aromatic carbocycles. The van der Waals surface area contributed by atoms with Crippen molar-refractivity contribution in [2.75, 3.05) is 9.80 Å². The summed E-state index contributed by atoms with van der Waals surface area (Å²) in [5.74, 6) is 0. The van der Waals surface area contributed by atoms with Crippen molar-refractivity contribution in [3.8, 4) is 22.3 Å². The molecule has 2 aliphatic heterocycles. The van der Waals surface area contributed by atoms with Crippen molar-refractivity contribution in [2.24, 2.45) is 0 Å². The lowest BCUT2D eigenvalue weighted by Crippen LogP contribution is -2.61. The molecule has 2 aliphatic carbocycles. The van der Waals surface area contributed by atoms with Gasteiger partial charge in [0, 0.05) is 50.2 Å². The van der Waals surface area contributed by atoms with E-state index in [1.54, 1.807) is 0 Å². The molecule has 0 atom stereocenters. The Balaban J connectivity index is 1.15. The molecule has 4 aliphatic rings. The van der Waals surface area contributed by atoms with Gasteiger partial charge in [-0.2, -0.15) is 0 Å². The molecular formula is C70H71BN2O. The normalized spacial score (nSPS) is 15.6. The van der Waals surface area contributed by atoms with Crippen LogP contribution in [0.3, 0.4) is 0 Å². The van der Waals surface area contributed by atoms with E-state index in [2.05, 4.69) is 246 Å². The number of aryl methyl sites for hydroxylation is 2. The summed E-state index contributed by atoms with van der Waals surface area (Å²) < 4.78 is 7.40. The Morgan fingerprint density at radius 3 is 1.80 bits per heavy atom. The Bertz CT molecular complexity index is 3840. The second-order valence-electron chi connectivity index (χ2n) is 26.9. The van der Waals surface area contributed by atoms with E-state index in [0.717, 1.165) is 29.7 Å². The Morgan fingerprint density at radius 2 is 1.09 bits per heavy atom. The van der Waals surface area contributed by atoms with Crippen LogP contribution < -0.4 is 26.2 Å². The van der Waals surface area contributed by atoms with Crippen LogP contribution in [0.25, 0.3) is 44.2 Å². The highest BCUT2D eigenvalue weighted by atomic mass is 16.3. The van der Waals surface area contributed by atoms with Crippen molar-refractivity contribution < 1.29 is 4.42 Å². The first-order valence-corrected chi connectivity index (χ1v) is 27.4. The summed E-state index contributed by atoms with van der Waals surface area (Å²) in [5.41, 5.74) is 28.8. The van der Waals surface area contributed by atoms with Gasteiger partial charge in [0.25, 0.3) is 6.71 Å². The molecule has 0 radical (unpaired) electrons. The summed E-state index contributed by atoms with van der Waals surface area (Å²) in [6, 6.07) is 55.0. The molecule has 4 heteroatoms. The Labute approximate surface area is 440 Å². The number of hydrogen-bond acceptors (Lipinski definition) is 3. The number of nitrogens with zero attached hydrogens (tertiary/aromatic N) is 2. The van der Waals surface area contributed by atoms with Crippen LogP contribution >= 0.6 is 0 Å². The molecule has 0 saturated heterocycles. The Hall–Kier alpha value is -6.78. The molecule has 0 fully saturated rings. The van der Waals surface area contributed by atoms with Crippen molar-refractivity contribution in [1.82, 2.24) is 0 Å². The van der Waals surface area contributed by atoms with E-state index in [-0.39, 0.29) is 33.8 Å².